The number of carbonyl (C=O) groups is 1. The lowest BCUT2D eigenvalue weighted by Crippen LogP contribution is -2.26. The lowest BCUT2D eigenvalue weighted by Gasteiger charge is -2.14. The summed E-state index contributed by atoms with van der Waals surface area (Å²) in [5.74, 6) is 0.172. The van der Waals surface area contributed by atoms with Gasteiger partial charge in [-0.2, -0.15) is 5.10 Å². The summed E-state index contributed by atoms with van der Waals surface area (Å²) in [5.41, 5.74) is 7.89. The molecule has 0 radical (unpaired) electrons. The number of methoxy groups -OCH3 is 1. The Hall–Kier alpha value is -4.44. The number of nitrogens with zero attached hydrogens (tertiary/aromatic N) is 3. The number of hydrogen-bond donors (Lipinski definition) is 2. The maximum absolute atomic E-state index is 14.0. The minimum absolute atomic E-state index is 0.0462. The van der Waals surface area contributed by atoms with Crippen molar-refractivity contribution in [2.24, 2.45) is 0 Å². The first kappa shape index (κ1) is 24.3. The molecule has 0 saturated carbocycles. The van der Waals surface area contributed by atoms with Gasteiger partial charge in [0.05, 0.1) is 12.0 Å². The number of nitrogens with one attached hydrogen (secondary N) is 1. The van der Waals surface area contributed by atoms with Crippen molar-refractivity contribution in [2.75, 3.05) is 32.5 Å². The van der Waals surface area contributed by atoms with Crippen LogP contribution < -0.4 is 16.0 Å². The second kappa shape index (κ2) is 10.3. The van der Waals surface area contributed by atoms with Crippen molar-refractivity contribution in [3.8, 4) is 17.2 Å². The lowest BCUT2D eigenvalue weighted by molar-refractivity contribution is -0.125. The molecule has 1 aliphatic heterocycles. The van der Waals surface area contributed by atoms with E-state index in [4.69, 9.17) is 15.2 Å². The first-order valence-electron chi connectivity index (χ1n) is 11.8. The Balaban J connectivity index is 1.47. The number of amides is 1. The molecule has 0 bridgehead atoms. The normalized spacial score (nSPS) is 15.6. The average molecular weight is 504 g/mol. The Kier molecular flexibility index (Phi) is 6.74. The average Bonchev–Trinajstić information content (AvgIpc) is 3.55. The number of halogens is 1. The number of H-pyrrole nitrogens is 1. The fourth-order valence-corrected chi connectivity index (χ4v) is 4.64. The molecular formula is C27H26FN5O4. The Morgan fingerprint density at radius 2 is 2.03 bits per heavy atom. The van der Waals surface area contributed by atoms with E-state index in [1.54, 1.807) is 60.6 Å². The van der Waals surface area contributed by atoms with Crippen LogP contribution in [-0.4, -0.2) is 52.4 Å². The molecule has 1 fully saturated rings. The van der Waals surface area contributed by atoms with Gasteiger partial charge in [-0.05, 0) is 48.4 Å². The van der Waals surface area contributed by atoms with E-state index in [1.165, 1.54) is 12.1 Å². The van der Waals surface area contributed by atoms with E-state index in [9.17, 15) is 14.0 Å². The molecule has 1 atom stereocenters. The number of hydrogen-bond acceptors (Lipinski definition) is 6. The predicted molar refractivity (Wildman–Crippen MR) is 138 cm³/mol. The second-order valence-corrected chi connectivity index (χ2v) is 8.77. The van der Waals surface area contributed by atoms with Crippen LogP contribution in [0.25, 0.3) is 16.6 Å². The molecule has 1 saturated heterocycles. The van der Waals surface area contributed by atoms with Gasteiger partial charge in [0.1, 0.15) is 11.3 Å². The van der Waals surface area contributed by atoms with Gasteiger partial charge < -0.3 is 24.7 Å². The molecule has 3 heterocycles. The van der Waals surface area contributed by atoms with Crippen molar-refractivity contribution in [1.82, 2.24) is 19.7 Å². The van der Waals surface area contributed by atoms with Crippen LogP contribution in [0.5, 0.6) is 11.5 Å². The first-order chi connectivity index (χ1) is 18.0. The van der Waals surface area contributed by atoms with Gasteiger partial charge in [-0.25, -0.2) is 9.49 Å². The molecule has 37 heavy (non-hydrogen) atoms. The molecule has 2 aromatic heterocycles. The standard InChI is InChI=1S/C27H26FN5O4/c1-36-14-4-7-23(34)32-13-12-17(15-32)20-16-33(25-24(20)27(35)31-30-26(25)29)18-8-10-19(11-9-18)37-22-6-3-2-5-21(22)28/h2-11,16-17H,12-15H2,1H3,(H2,29,30)(H,31,35). The molecule has 1 aliphatic rings. The Bertz CT molecular complexity index is 1530. The Morgan fingerprint density at radius 1 is 1.24 bits per heavy atom. The van der Waals surface area contributed by atoms with E-state index in [2.05, 4.69) is 10.2 Å². The Labute approximate surface area is 211 Å². The van der Waals surface area contributed by atoms with Gasteiger partial charge in [-0.15, -0.1) is 0 Å². The maximum atomic E-state index is 14.0. The fourth-order valence-electron chi connectivity index (χ4n) is 4.64. The molecule has 5 rings (SSSR count). The van der Waals surface area contributed by atoms with Crippen LogP contribution in [0.3, 0.4) is 0 Å². The van der Waals surface area contributed by atoms with Crippen molar-refractivity contribution in [1.29, 1.82) is 0 Å². The number of fused-ring (bicyclic) bond motifs is 1. The number of ether oxygens (including phenoxy) is 2. The zero-order valence-electron chi connectivity index (χ0n) is 20.2. The van der Waals surface area contributed by atoms with Crippen molar-refractivity contribution in [3.05, 3.63) is 88.6 Å². The molecule has 4 aromatic rings. The SMILES string of the molecule is COCC=CC(=O)N1CCC(c2cn(-c3ccc(Oc4ccccc4F)cc3)c3c(N)n[nH]c(=O)c23)C1. The molecule has 1 amide bonds. The van der Waals surface area contributed by atoms with E-state index in [-0.39, 0.29) is 29.0 Å². The number of aromatic amines is 1. The first-order valence-corrected chi connectivity index (χ1v) is 11.8. The van der Waals surface area contributed by atoms with Gasteiger partial charge in [-0.1, -0.05) is 18.2 Å². The molecule has 10 heteroatoms. The van der Waals surface area contributed by atoms with E-state index in [1.807, 2.05) is 10.8 Å². The van der Waals surface area contributed by atoms with Crippen molar-refractivity contribution in [2.45, 2.75) is 12.3 Å². The third kappa shape index (κ3) is 4.83. The fraction of sp³-hybridized carbons (Fsp3) is 0.222. The summed E-state index contributed by atoms with van der Waals surface area (Å²) in [6.07, 6.45) is 5.77. The second-order valence-electron chi connectivity index (χ2n) is 8.77. The summed E-state index contributed by atoms with van der Waals surface area (Å²) in [7, 11) is 1.57. The number of nitrogens with two attached hydrogens (primary N) is 1. The summed E-state index contributed by atoms with van der Waals surface area (Å²) < 4.78 is 26.4. The van der Waals surface area contributed by atoms with Gasteiger partial charge >= 0.3 is 0 Å². The lowest BCUT2D eigenvalue weighted by atomic mass is 9.99. The third-order valence-electron chi connectivity index (χ3n) is 6.42. The summed E-state index contributed by atoms with van der Waals surface area (Å²) in [6, 6.07) is 13.2. The number of rotatable bonds is 7. The van der Waals surface area contributed by atoms with Crippen molar-refractivity contribution < 1.29 is 18.7 Å². The van der Waals surface area contributed by atoms with Crippen LogP contribution in [-0.2, 0) is 9.53 Å². The zero-order chi connectivity index (χ0) is 25.9. The van der Waals surface area contributed by atoms with E-state index in [0.29, 0.717) is 42.8 Å². The van der Waals surface area contributed by atoms with E-state index >= 15 is 0 Å². The summed E-state index contributed by atoms with van der Waals surface area (Å²) in [4.78, 5) is 27.2. The Morgan fingerprint density at radius 3 is 2.78 bits per heavy atom. The molecule has 1 unspecified atom stereocenters. The van der Waals surface area contributed by atoms with Crippen LogP contribution in [0.15, 0.2) is 71.7 Å². The summed E-state index contributed by atoms with van der Waals surface area (Å²) >= 11 is 0. The molecular weight excluding hydrogens is 477 g/mol. The topological polar surface area (TPSA) is 115 Å². The smallest absolute Gasteiger partial charge is 0.274 e. The highest BCUT2D eigenvalue weighted by Crippen LogP contribution is 2.35. The largest absolute Gasteiger partial charge is 0.454 e. The van der Waals surface area contributed by atoms with E-state index < -0.39 is 5.82 Å². The minimum Gasteiger partial charge on any atom is -0.454 e. The van der Waals surface area contributed by atoms with Crippen molar-refractivity contribution in [3.63, 3.8) is 0 Å². The zero-order valence-corrected chi connectivity index (χ0v) is 20.2. The molecule has 0 aliphatic carbocycles. The third-order valence-corrected chi connectivity index (χ3v) is 6.42. The van der Waals surface area contributed by atoms with Gasteiger partial charge in [-0.3, -0.25) is 9.59 Å². The number of carbonyl (C=O) groups excluding carboxylic acids is 1. The summed E-state index contributed by atoms with van der Waals surface area (Å²) in [5, 5.41) is 6.90. The van der Waals surface area contributed by atoms with Crippen LogP contribution in [0.2, 0.25) is 0 Å². The molecule has 0 spiro atoms. The van der Waals surface area contributed by atoms with Gasteiger partial charge in [0, 0.05) is 44.1 Å². The summed E-state index contributed by atoms with van der Waals surface area (Å²) in [6.45, 7) is 1.42. The molecule has 2 aromatic carbocycles. The van der Waals surface area contributed by atoms with Crippen LogP contribution in [0.4, 0.5) is 10.2 Å². The number of anilines is 1. The predicted octanol–water partition coefficient (Wildman–Crippen LogP) is 3.75. The van der Waals surface area contributed by atoms with Gasteiger partial charge in [0.2, 0.25) is 5.91 Å². The highest BCUT2D eigenvalue weighted by molar-refractivity contribution is 5.93. The van der Waals surface area contributed by atoms with Gasteiger partial charge in [0.25, 0.3) is 5.56 Å². The number of para-hydroxylation sites is 1. The van der Waals surface area contributed by atoms with Crippen LogP contribution in [0.1, 0.15) is 17.9 Å². The van der Waals surface area contributed by atoms with Crippen LogP contribution >= 0.6 is 0 Å². The molecule has 3 N–H and O–H groups in total. The molecule has 9 nitrogen and oxygen atoms in total. The minimum atomic E-state index is -0.455. The van der Waals surface area contributed by atoms with Gasteiger partial charge in [0.15, 0.2) is 17.4 Å². The monoisotopic (exact) mass is 503 g/mol. The van der Waals surface area contributed by atoms with E-state index in [0.717, 1.165) is 11.3 Å². The quantitative estimate of drug-likeness (QED) is 0.371. The number of nitrogen functional groups attached to an aromatic ring is 1. The highest BCUT2D eigenvalue weighted by Gasteiger charge is 2.30. The van der Waals surface area contributed by atoms with Crippen molar-refractivity contribution >= 4 is 22.6 Å². The molecule has 190 valence electrons. The number of aromatic nitrogens is 3. The van der Waals surface area contributed by atoms with Crippen LogP contribution in [0, 0.1) is 5.82 Å². The number of benzene rings is 2. The number of likely N-dealkylation sites (tertiary alicyclic amines) is 1. The highest BCUT2D eigenvalue weighted by atomic mass is 19.1. The maximum Gasteiger partial charge on any atom is 0.274 e.